The van der Waals surface area contributed by atoms with Gasteiger partial charge in [0.1, 0.15) is 5.75 Å². The second-order valence-electron chi connectivity index (χ2n) is 5.52. The number of amides is 1. The molecule has 0 aromatic heterocycles. The molecule has 1 aliphatic rings. The highest BCUT2D eigenvalue weighted by Gasteiger charge is 2.41. The Kier molecular flexibility index (Phi) is 4.93. The number of hydrogen-bond acceptors (Lipinski definition) is 6. The van der Waals surface area contributed by atoms with Gasteiger partial charge in [0.2, 0.25) is 5.91 Å². The van der Waals surface area contributed by atoms with Crippen LogP contribution in [-0.2, 0) is 30.8 Å². The van der Waals surface area contributed by atoms with Crippen LogP contribution in [0.4, 0.5) is 0 Å². The molecule has 7 nitrogen and oxygen atoms in total. The second-order valence-corrected chi connectivity index (χ2v) is 7.17. The predicted octanol–water partition coefficient (Wildman–Crippen LogP) is 0.872. The van der Waals surface area contributed by atoms with E-state index in [2.05, 4.69) is 9.46 Å². The fourth-order valence-corrected chi connectivity index (χ4v) is 3.51. The molecule has 1 saturated carbocycles. The van der Waals surface area contributed by atoms with Crippen LogP contribution in [0.1, 0.15) is 18.9 Å². The number of carbonyl (C=O) groups excluding carboxylic acids is 2. The summed E-state index contributed by atoms with van der Waals surface area (Å²) in [5.74, 6) is -0.776. The third-order valence-electron chi connectivity index (χ3n) is 3.80. The highest BCUT2D eigenvalue weighted by atomic mass is 32.2. The number of methoxy groups -OCH3 is 2. The number of nitrogens with one attached hydrogen (secondary N) is 1. The molecular formula is C15H19NO6S. The van der Waals surface area contributed by atoms with E-state index in [1.165, 1.54) is 32.4 Å². The van der Waals surface area contributed by atoms with Crippen molar-refractivity contribution in [2.24, 2.45) is 11.8 Å². The summed E-state index contributed by atoms with van der Waals surface area (Å²) < 4.78 is 36.6. The van der Waals surface area contributed by atoms with Crippen LogP contribution in [0, 0.1) is 11.8 Å². The number of sulfonamides is 1. The summed E-state index contributed by atoms with van der Waals surface area (Å²) in [4.78, 5) is 23.3. The number of hydrogen-bond donors (Lipinski definition) is 1. The van der Waals surface area contributed by atoms with E-state index in [4.69, 9.17) is 4.74 Å². The first-order valence-corrected chi connectivity index (χ1v) is 8.57. The van der Waals surface area contributed by atoms with Gasteiger partial charge in [0.05, 0.1) is 25.5 Å². The van der Waals surface area contributed by atoms with E-state index in [9.17, 15) is 18.0 Å². The summed E-state index contributed by atoms with van der Waals surface area (Å²) in [7, 11) is -1.41. The molecule has 126 valence electrons. The number of esters is 1. The summed E-state index contributed by atoms with van der Waals surface area (Å²) >= 11 is 0. The average Bonchev–Trinajstić information content (AvgIpc) is 3.23. The molecule has 1 N–H and O–H groups in total. The van der Waals surface area contributed by atoms with Gasteiger partial charge in [-0.25, -0.2) is 13.1 Å². The van der Waals surface area contributed by atoms with Gasteiger partial charge >= 0.3 is 5.97 Å². The Balaban J connectivity index is 2.32. The van der Waals surface area contributed by atoms with E-state index in [0.29, 0.717) is 12.2 Å². The van der Waals surface area contributed by atoms with Crippen molar-refractivity contribution in [2.45, 2.75) is 24.7 Å². The van der Waals surface area contributed by atoms with Crippen LogP contribution in [0.5, 0.6) is 5.75 Å². The van der Waals surface area contributed by atoms with Gasteiger partial charge in [-0.15, -0.1) is 0 Å². The highest BCUT2D eigenvalue weighted by Crippen LogP contribution is 2.38. The lowest BCUT2D eigenvalue weighted by molar-refractivity contribution is -0.139. The topological polar surface area (TPSA) is 98.8 Å². The molecule has 0 heterocycles. The van der Waals surface area contributed by atoms with E-state index in [0.717, 1.165) is 0 Å². The van der Waals surface area contributed by atoms with Crippen LogP contribution in [-0.4, -0.2) is 34.5 Å². The molecular weight excluding hydrogens is 322 g/mol. The minimum atomic E-state index is -4.06. The van der Waals surface area contributed by atoms with E-state index >= 15 is 0 Å². The zero-order valence-electron chi connectivity index (χ0n) is 13.2. The highest BCUT2D eigenvalue weighted by molar-refractivity contribution is 7.90. The Labute approximate surface area is 135 Å². The van der Waals surface area contributed by atoms with E-state index < -0.39 is 21.9 Å². The maximum Gasteiger partial charge on any atom is 0.310 e. The lowest BCUT2D eigenvalue weighted by atomic mass is 10.1. The molecule has 2 unspecified atom stereocenters. The van der Waals surface area contributed by atoms with Crippen LogP contribution >= 0.6 is 0 Å². The molecule has 0 aliphatic heterocycles. The van der Waals surface area contributed by atoms with Gasteiger partial charge in [0.15, 0.2) is 0 Å². The van der Waals surface area contributed by atoms with Gasteiger partial charge in [-0.05, 0) is 36.1 Å². The molecule has 1 fully saturated rings. The third kappa shape index (κ3) is 4.01. The number of ether oxygens (including phenoxy) is 2. The Morgan fingerprint density at radius 3 is 2.48 bits per heavy atom. The summed E-state index contributed by atoms with van der Waals surface area (Å²) in [6, 6.07) is 4.21. The van der Waals surface area contributed by atoms with Crippen molar-refractivity contribution in [3.05, 3.63) is 23.8 Å². The molecule has 0 bridgehead atoms. The molecule has 2 rings (SSSR count). The van der Waals surface area contributed by atoms with Crippen molar-refractivity contribution in [3.63, 3.8) is 0 Å². The first kappa shape index (κ1) is 17.3. The Bertz CT molecular complexity index is 727. The van der Waals surface area contributed by atoms with Crippen LogP contribution in [0.2, 0.25) is 0 Å². The zero-order chi connectivity index (χ0) is 17.2. The van der Waals surface area contributed by atoms with Crippen molar-refractivity contribution in [1.29, 1.82) is 0 Å². The largest absolute Gasteiger partial charge is 0.497 e. The molecule has 0 saturated heterocycles. The monoisotopic (exact) mass is 341 g/mol. The Morgan fingerprint density at radius 2 is 1.96 bits per heavy atom. The Hall–Kier alpha value is -2.09. The minimum absolute atomic E-state index is 0.134. The zero-order valence-corrected chi connectivity index (χ0v) is 14.0. The predicted molar refractivity (Wildman–Crippen MR) is 81.3 cm³/mol. The number of benzene rings is 1. The standard InChI is InChI=1S/C15H19NO6S/c1-9-6-12(9)15(18)16-23(19,20)13-5-4-11(21-2)7-10(13)8-14(17)22-3/h4-5,7,9,12H,6,8H2,1-3H3,(H,16,18). The van der Waals surface area contributed by atoms with E-state index in [1.54, 1.807) is 0 Å². The maximum absolute atomic E-state index is 12.4. The lowest BCUT2D eigenvalue weighted by Crippen LogP contribution is -2.33. The fraction of sp³-hybridized carbons (Fsp3) is 0.467. The first-order chi connectivity index (χ1) is 10.8. The molecule has 1 aliphatic carbocycles. The molecule has 1 amide bonds. The van der Waals surface area contributed by atoms with Gasteiger partial charge in [-0.1, -0.05) is 6.92 Å². The van der Waals surface area contributed by atoms with Gasteiger partial charge in [0.25, 0.3) is 10.0 Å². The van der Waals surface area contributed by atoms with Crippen molar-refractivity contribution < 1.29 is 27.5 Å². The number of rotatable bonds is 6. The van der Waals surface area contributed by atoms with Crippen molar-refractivity contribution in [3.8, 4) is 5.75 Å². The van der Waals surface area contributed by atoms with E-state index in [-0.39, 0.29) is 28.7 Å². The quantitative estimate of drug-likeness (QED) is 0.771. The summed E-state index contributed by atoms with van der Waals surface area (Å²) in [5.41, 5.74) is 0.209. The molecule has 8 heteroatoms. The van der Waals surface area contributed by atoms with Crippen LogP contribution in [0.3, 0.4) is 0 Å². The second kappa shape index (κ2) is 6.57. The van der Waals surface area contributed by atoms with Gasteiger partial charge in [0, 0.05) is 5.92 Å². The minimum Gasteiger partial charge on any atom is -0.497 e. The summed E-state index contributed by atoms with van der Waals surface area (Å²) in [5, 5.41) is 0. The summed E-state index contributed by atoms with van der Waals surface area (Å²) in [6.07, 6.45) is 0.441. The van der Waals surface area contributed by atoms with Gasteiger partial charge in [-0.2, -0.15) is 0 Å². The van der Waals surface area contributed by atoms with Crippen LogP contribution < -0.4 is 9.46 Å². The average molecular weight is 341 g/mol. The molecule has 1 aromatic rings. The van der Waals surface area contributed by atoms with E-state index in [1.807, 2.05) is 6.92 Å². The normalized spacial score (nSPS) is 19.8. The van der Waals surface area contributed by atoms with Crippen LogP contribution in [0.15, 0.2) is 23.1 Å². The SMILES string of the molecule is COC(=O)Cc1cc(OC)ccc1S(=O)(=O)NC(=O)C1CC1C. The molecule has 1 aromatic carbocycles. The Morgan fingerprint density at radius 1 is 1.30 bits per heavy atom. The number of carbonyl (C=O) groups is 2. The molecule has 23 heavy (non-hydrogen) atoms. The lowest BCUT2D eigenvalue weighted by Gasteiger charge is -2.12. The van der Waals surface area contributed by atoms with Crippen molar-refractivity contribution >= 4 is 21.9 Å². The fourth-order valence-electron chi connectivity index (χ4n) is 2.26. The first-order valence-electron chi connectivity index (χ1n) is 7.09. The molecule has 2 atom stereocenters. The maximum atomic E-state index is 12.4. The summed E-state index contributed by atoms with van der Waals surface area (Å²) in [6.45, 7) is 1.88. The third-order valence-corrected chi connectivity index (χ3v) is 5.25. The van der Waals surface area contributed by atoms with Gasteiger partial charge < -0.3 is 9.47 Å². The van der Waals surface area contributed by atoms with Gasteiger partial charge in [-0.3, -0.25) is 9.59 Å². The smallest absolute Gasteiger partial charge is 0.310 e. The van der Waals surface area contributed by atoms with Crippen molar-refractivity contribution in [1.82, 2.24) is 4.72 Å². The van der Waals surface area contributed by atoms with Crippen LogP contribution in [0.25, 0.3) is 0 Å². The molecule has 0 radical (unpaired) electrons. The van der Waals surface area contributed by atoms with Crippen molar-refractivity contribution in [2.75, 3.05) is 14.2 Å². The molecule has 0 spiro atoms.